The van der Waals surface area contributed by atoms with Crippen molar-refractivity contribution < 1.29 is 0 Å². The van der Waals surface area contributed by atoms with Crippen LogP contribution >= 0.6 is 0 Å². The van der Waals surface area contributed by atoms with Crippen molar-refractivity contribution in [2.75, 3.05) is 0 Å². The van der Waals surface area contributed by atoms with Crippen LogP contribution in [0, 0.1) is 0 Å². The minimum Gasteiger partial charge on any atom is -0.0838 e. The standard InChI is InChI=1S/C18H14/c1-2-8-14-13(7-1)15-9-3-4-11-17(15)18-12-6-5-10-16(14)18/h1-9,11H,10,12H2. The van der Waals surface area contributed by atoms with Gasteiger partial charge in [0.15, 0.2) is 0 Å². The average Bonchev–Trinajstić information content (AvgIpc) is 2.48. The fraction of sp³-hybridized carbons (Fsp3) is 0.111. The van der Waals surface area contributed by atoms with E-state index >= 15 is 0 Å². The Morgan fingerprint density at radius 3 is 1.33 bits per heavy atom. The van der Waals surface area contributed by atoms with Crippen LogP contribution < -0.4 is 0 Å². The van der Waals surface area contributed by atoms with E-state index in [9.17, 15) is 0 Å². The molecule has 3 aromatic rings. The van der Waals surface area contributed by atoms with Crippen molar-refractivity contribution in [2.45, 2.75) is 12.8 Å². The van der Waals surface area contributed by atoms with E-state index in [0.29, 0.717) is 0 Å². The first-order valence-corrected chi connectivity index (χ1v) is 6.51. The minimum atomic E-state index is 1.07. The molecule has 0 heterocycles. The Balaban J connectivity index is 2.30. The maximum absolute atomic E-state index is 2.30. The monoisotopic (exact) mass is 230 g/mol. The van der Waals surface area contributed by atoms with Gasteiger partial charge in [-0.2, -0.15) is 0 Å². The molecule has 0 atom stereocenters. The molecule has 0 nitrogen and oxygen atoms in total. The highest BCUT2D eigenvalue weighted by molar-refractivity contribution is 6.10. The fourth-order valence-corrected chi connectivity index (χ4v) is 3.16. The highest BCUT2D eigenvalue weighted by atomic mass is 14.2. The summed E-state index contributed by atoms with van der Waals surface area (Å²) in [5.74, 6) is 0. The van der Waals surface area contributed by atoms with Gasteiger partial charge >= 0.3 is 0 Å². The fourth-order valence-electron chi connectivity index (χ4n) is 3.16. The van der Waals surface area contributed by atoms with Gasteiger partial charge in [-0.15, -0.1) is 0 Å². The molecule has 0 bridgehead atoms. The number of hydrogen-bond acceptors (Lipinski definition) is 0. The molecule has 0 saturated carbocycles. The molecule has 0 N–H and O–H groups in total. The minimum absolute atomic E-state index is 1.07. The largest absolute Gasteiger partial charge is 0.0838 e. The Morgan fingerprint density at radius 2 is 0.889 bits per heavy atom. The highest BCUT2D eigenvalue weighted by Crippen LogP contribution is 2.35. The molecule has 0 aliphatic heterocycles. The summed E-state index contributed by atoms with van der Waals surface area (Å²) in [5.41, 5.74) is 3.04. The summed E-state index contributed by atoms with van der Waals surface area (Å²) >= 11 is 0. The maximum Gasteiger partial charge on any atom is -0.00881 e. The second kappa shape index (κ2) is 3.71. The van der Waals surface area contributed by atoms with Crippen LogP contribution in [0.2, 0.25) is 0 Å². The highest BCUT2D eigenvalue weighted by Gasteiger charge is 2.13. The van der Waals surface area contributed by atoms with Crippen LogP contribution in [0.15, 0.2) is 60.7 Å². The van der Waals surface area contributed by atoms with Gasteiger partial charge in [0.05, 0.1) is 0 Å². The molecule has 0 spiro atoms. The number of rotatable bonds is 0. The van der Waals surface area contributed by atoms with Crippen LogP contribution in [-0.2, 0) is 12.8 Å². The quantitative estimate of drug-likeness (QED) is 0.389. The lowest BCUT2D eigenvalue weighted by Gasteiger charge is -2.18. The van der Waals surface area contributed by atoms with E-state index in [-0.39, 0.29) is 0 Å². The van der Waals surface area contributed by atoms with Crippen molar-refractivity contribution >= 4 is 21.5 Å². The third kappa shape index (κ3) is 1.26. The summed E-state index contributed by atoms with van der Waals surface area (Å²) in [6.45, 7) is 0. The third-order valence-corrected chi connectivity index (χ3v) is 3.97. The zero-order valence-corrected chi connectivity index (χ0v) is 10.2. The van der Waals surface area contributed by atoms with Gasteiger partial charge in [0.25, 0.3) is 0 Å². The molecular weight excluding hydrogens is 216 g/mol. The maximum atomic E-state index is 2.30. The third-order valence-electron chi connectivity index (χ3n) is 3.97. The first-order valence-electron chi connectivity index (χ1n) is 6.51. The van der Waals surface area contributed by atoms with Crippen LogP contribution in [0.4, 0.5) is 0 Å². The van der Waals surface area contributed by atoms with Crippen LogP contribution in [0.3, 0.4) is 0 Å². The van der Waals surface area contributed by atoms with E-state index in [2.05, 4.69) is 60.7 Å². The molecule has 4 rings (SSSR count). The molecule has 86 valence electrons. The van der Waals surface area contributed by atoms with Gasteiger partial charge in [0.1, 0.15) is 0 Å². The summed E-state index contributed by atoms with van der Waals surface area (Å²) in [6, 6.07) is 17.6. The summed E-state index contributed by atoms with van der Waals surface area (Å²) < 4.78 is 0. The molecule has 0 unspecified atom stereocenters. The van der Waals surface area contributed by atoms with Crippen molar-refractivity contribution in [1.82, 2.24) is 0 Å². The average molecular weight is 230 g/mol. The molecule has 0 aromatic heterocycles. The molecule has 0 amide bonds. The van der Waals surface area contributed by atoms with Crippen LogP contribution in [0.25, 0.3) is 21.5 Å². The van der Waals surface area contributed by atoms with Gasteiger partial charge in [-0.3, -0.25) is 0 Å². The van der Waals surface area contributed by atoms with Crippen LogP contribution in [0.5, 0.6) is 0 Å². The van der Waals surface area contributed by atoms with Crippen molar-refractivity contribution in [1.29, 1.82) is 0 Å². The smallest absolute Gasteiger partial charge is 0.00881 e. The second-order valence-electron chi connectivity index (χ2n) is 4.93. The Bertz CT molecular complexity index is 712. The zero-order chi connectivity index (χ0) is 11.9. The zero-order valence-electron chi connectivity index (χ0n) is 10.2. The van der Waals surface area contributed by atoms with E-state index in [1.165, 1.54) is 32.7 Å². The topological polar surface area (TPSA) is 0 Å². The predicted octanol–water partition coefficient (Wildman–Crippen LogP) is 4.65. The molecule has 0 radical (unpaired) electrons. The Kier molecular flexibility index (Phi) is 2.04. The lowest BCUT2D eigenvalue weighted by Crippen LogP contribution is -2.00. The van der Waals surface area contributed by atoms with E-state index in [0.717, 1.165) is 12.8 Å². The molecule has 0 fully saturated rings. The van der Waals surface area contributed by atoms with Crippen LogP contribution in [0.1, 0.15) is 11.1 Å². The van der Waals surface area contributed by atoms with Gasteiger partial charge in [-0.05, 0) is 45.5 Å². The molecular formula is C18H14. The Hall–Kier alpha value is -2.08. The van der Waals surface area contributed by atoms with Crippen molar-refractivity contribution in [3.05, 3.63) is 71.8 Å². The van der Waals surface area contributed by atoms with E-state index in [1.807, 2.05) is 0 Å². The van der Waals surface area contributed by atoms with E-state index in [1.54, 1.807) is 0 Å². The van der Waals surface area contributed by atoms with Gasteiger partial charge in [-0.1, -0.05) is 60.7 Å². The number of allylic oxidation sites excluding steroid dienone is 2. The molecule has 1 aliphatic carbocycles. The molecule has 18 heavy (non-hydrogen) atoms. The predicted molar refractivity (Wildman–Crippen MR) is 78.0 cm³/mol. The van der Waals surface area contributed by atoms with E-state index < -0.39 is 0 Å². The van der Waals surface area contributed by atoms with Gasteiger partial charge in [0.2, 0.25) is 0 Å². The molecule has 1 aliphatic rings. The van der Waals surface area contributed by atoms with Gasteiger partial charge in [0, 0.05) is 0 Å². The Labute approximate surface area is 107 Å². The first kappa shape index (κ1) is 9.90. The van der Waals surface area contributed by atoms with Gasteiger partial charge in [-0.25, -0.2) is 0 Å². The number of hydrogen-bond donors (Lipinski definition) is 0. The molecule has 0 saturated heterocycles. The Morgan fingerprint density at radius 1 is 0.500 bits per heavy atom. The van der Waals surface area contributed by atoms with Gasteiger partial charge < -0.3 is 0 Å². The van der Waals surface area contributed by atoms with Crippen molar-refractivity contribution in [3.8, 4) is 0 Å². The second-order valence-corrected chi connectivity index (χ2v) is 4.93. The SMILES string of the molecule is C1=CCc2c(c3ccccc3c3ccccc23)C1. The summed E-state index contributed by atoms with van der Waals surface area (Å²) in [5, 5.41) is 5.63. The first-order chi connectivity index (χ1) is 8.95. The van der Waals surface area contributed by atoms with Crippen molar-refractivity contribution in [2.24, 2.45) is 0 Å². The van der Waals surface area contributed by atoms with Crippen molar-refractivity contribution in [3.63, 3.8) is 0 Å². The lowest BCUT2D eigenvalue weighted by molar-refractivity contribution is 1.13. The summed E-state index contributed by atoms with van der Waals surface area (Å²) in [6.07, 6.45) is 6.73. The molecule has 0 heteroatoms. The normalized spacial score (nSPS) is 14.0. The summed E-state index contributed by atoms with van der Waals surface area (Å²) in [7, 11) is 0. The number of benzene rings is 3. The lowest BCUT2D eigenvalue weighted by atomic mass is 9.86. The summed E-state index contributed by atoms with van der Waals surface area (Å²) in [4.78, 5) is 0. The van der Waals surface area contributed by atoms with E-state index in [4.69, 9.17) is 0 Å². The van der Waals surface area contributed by atoms with Crippen LogP contribution in [-0.4, -0.2) is 0 Å². The number of fused-ring (bicyclic) bond motifs is 6. The molecule has 3 aromatic carbocycles.